The largest absolute Gasteiger partial charge is 0.311 e. The van der Waals surface area contributed by atoms with Gasteiger partial charge in [0.1, 0.15) is 0 Å². The standard InChI is InChI=1S/C17H23N5S.ClH/c1-12-14-8-13(10-19-17(14)22(4)20-12)9-18-11-15(21(2)3)16-6-5-7-23-16;/h5-8,10,15,18H,9,11H2,1-4H3;1H. The van der Waals surface area contributed by atoms with Gasteiger partial charge in [0, 0.05) is 36.6 Å². The van der Waals surface area contributed by atoms with Crippen molar-refractivity contribution in [2.45, 2.75) is 19.5 Å². The number of fused-ring (bicyclic) bond motifs is 1. The second-order valence-electron chi connectivity index (χ2n) is 6.05. The summed E-state index contributed by atoms with van der Waals surface area (Å²) in [5.41, 5.74) is 3.16. The Kier molecular flexibility index (Phi) is 6.34. The molecule has 0 fully saturated rings. The van der Waals surface area contributed by atoms with E-state index < -0.39 is 0 Å². The average Bonchev–Trinajstić information content (AvgIpc) is 3.13. The Balaban J connectivity index is 0.00000208. The van der Waals surface area contributed by atoms with Gasteiger partial charge < -0.3 is 10.2 Å². The van der Waals surface area contributed by atoms with E-state index in [2.05, 4.69) is 58.0 Å². The minimum Gasteiger partial charge on any atom is -0.311 e. The summed E-state index contributed by atoms with van der Waals surface area (Å²) in [6, 6.07) is 6.89. The number of likely N-dealkylation sites (N-methyl/N-ethyl adjacent to an activating group) is 1. The number of nitrogens with zero attached hydrogens (tertiary/aromatic N) is 4. The van der Waals surface area contributed by atoms with E-state index in [4.69, 9.17) is 0 Å². The first kappa shape index (κ1) is 18.9. The third kappa shape index (κ3) is 3.95. The zero-order chi connectivity index (χ0) is 16.4. The van der Waals surface area contributed by atoms with Crippen molar-refractivity contribution in [3.8, 4) is 0 Å². The predicted octanol–water partition coefficient (Wildman–Crippen LogP) is 3.15. The highest BCUT2D eigenvalue weighted by molar-refractivity contribution is 7.10. The van der Waals surface area contributed by atoms with Crippen LogP contribution >= 0.6 is 23.7 Å². The smallest absolute Gasteiger partial charge is 0.157 e. The van der Waals surface area contributed by atoms with Crippen LogP contribution in [0.4, 0.5) is 0 Å². The van der Waals surface area contributed by atoms with Gasteiger partial charge in [0.2, 0.25) is 0 Å². The molecule has 0 bridgehead atoms. The van der Waals surface area contributed by atoms with E-state index in [0.29, 0.717) is 6.04 Å². The van der Waals surface area contributed by atoms with Crippen LogP contribution in [0.15, 0.2) is 29.8 Å². The van der Waals surface area contributed by atoms with Crippen LogP contribution in [0.1, 0.15) is 22.2 Å². The van der Waals surface area contributed by atoms with E-state index >= 15 is 0 Å². The maximum atomic E-state index is 4.54. The lowest BCUT2D eigenvalue weighted by Crippen LogP contribution is -2.30. The normalized spacial score (nSPS) is 12.5. The molecule has 0 spiro atoms. The van der Waals surface area contributed by atoms with Gasteiger partial charge in [-0.15, -0.1) is 23.7 Å². The van der Waals surface area contributed by atoms with Crippen LogP contribution < -0.4 is 5.32 Å². The number of hydrogen-bond donors (Lipinski definition) is 1. The van der Waals surface area contributed by atoms with Crippen LogP contribution in [0.25, 0.3) is 11.0 Å². The molecule has 3 rings (SSSR count). The monoisotopic (exact) mass is 365 g/mol. The molecule has 5 nitrogen and oxygen atoms in total. The molecule has 0 saturated carbocycles. The summed E-state index contributed by atoms with van der Waals surface area (Å²) in [5, 5.41) is 11.3. The Bertz CT molecular complexity index is 782. The average molecular weight is 366 g/mol. The molecule has 0 aromatic carbocycles. The molecule has 0 aliphatic carbocycles. The lowest BCUT2D eigenvalue weighted by Gasteiger charge is -2.23. The van der Waals surface area contributed by atoms with Crippen molar-refractivity contribution in [2.75, 3.05) is 20.6 Å². The zero-order valence-corrected chi connectivity index (χ0v) is 16.1. The first-order valence-electron chi connectivity index (χ1n) is 7.75. The maximum Gasteiger partial charge on any atom is 0.157 e. The Morgan fingerprint density at radius 2 is 2.17 bits per heavy atom. The van der Waals surface area contributed by atoms with Crippen LogP contribution in [-0.2, 0) is 13.6 Å². The number of nitrogens with one attached hydrogen (secondary N) is 1. The lowest BCUT2D eigenvalue weighted by atomic mass is 10.2. The summed E-state index contributed by atoms with van der Waals surface area (Å²) in [4.78, 5) is 8.18. The summed E-state index contributed by atoms with van der Waals surface area (Å²) >= 11 is 1.81. The molecule has 0 radical (unpaired) electrons. The fraction of sp³-hybridized carbons (Fsp3) is 0.412. The summed E-state index contributed by atoms with van der Waals surface area (Å²) in [7, 11) is 6.18. The fourth-order valence-electron chi connectivity index (χ4n) is 2.82. The van der Waals surface area contributed by atoms with E-state index in [-0.39, 0.29) is 12.4 Å². The van der Waals surface area contributed by atoms with Gasteiger partial charge in [-0.2, -0.15) is 5.10 Å². The van der Waals surface area contributed by atoms with Gasteiger partial charge in [-0.25, -0.2) is 4.98 Å². The van der Waals surface area contributed by atoms with Crippen LogP contribution in [-0.4, -0.2) is 40.3 Å². The van der Waals surface area contributed by atoms with E-state index in [1.54, 1.807) is 0 Å². The number of pyridine rings is 1. The van der Waals surface area contributed by atoms with Gasteiger partial charge in [0.25, 0.3) is 0 Å². The molecule has 1 N–H and O–H groups in total. The molecule has 0 amide bonds. The lowest BCUT2D eigenvalue weighted by molar-refractivity contribution is 0.292. The van der Waals surface area contributed by atoms with Gasteiger partial charge in [-0.1, -0.05) is 6.07 Å². The van der Waals surface area contributed by atoms with Gasteiger partial charge in [-0.05, 0) is 44.1 Å². The number of rotatable bonds is 6. The number of hydrogen-bond acceptors (Lipinski definition) is 5. The van der Waals surface area contributed by atoms with Crippen molar-refractivity contribution < 1.29 is 0 Å². The summed E-state index contributed by atoms with van der Waals surface area (Å²) in [5.74, 6) is 0. The van der Waals surface area contributed by atoms with Gasteiger partial charge in [0.05, 0.1) is 11.7 Å². The van der Waals surface area contributed by atoms with E-state index in [0.717, 1.165) is 29.8 Å². The number of aryl methyl sites for hydroxylation is 2. The second kappa shape index (κ2) is 8.07. The SMILES string of the molecule is Cc1nn(C)c2ncc(CNCC(c3cccs3)N(C)C)cc12.Cl. The van der Waals surface area contributed by atoms with E-state index in [9.17, 15) is 0 Å². The Morgan fingerprint density at radius 3 is 2.83 bits per heavy atom. The molecule has 7 heteroatoms. The van der Waals surface area contributed by atoms with Crippen molar-refractivity contribution >= 4 is 34.8 Å². The van der Waals surface area contributed by atoms with Crippen molar-refractivity contribution in [2.24, 2.45) is 7.05 Å². The molecule has 0 saturated heterocycles. The summed E-state index contributed by atoms with van der Waals surface area (Å²) in [6.07, 6.45) is 1.94. The van der Waals surface area contributed by atoms with Gasteiger partial charge >= 0.3 is 0 Å². The highest BCUT2D eigenvalue weighted by Crippen LogP contribution is 2.22. The highest BCUT2D eigenvalue weighted by Gasteiger charge is 2.14. The molecule has 1 atom stereocenters. The zero-order valence-electron chi connectivity index (χ0n) is 14.5. The van der Waals surface area contributed by atoms with Gasteiger partial charge in [-0.3, -0.25) is 4.68 Å². The van der Waals surface area contributed by atoms with Crippen LogP contribution in [0, 0.1) is 6.92 Å². The molecule has 24 heavy (non-hydrogen) atoms. The fourth-order valence-corrected chi connectivity index (χ4v) is 3.74. The minimum atomic E-state index is 0. The molecule has 0 aliphatic rings. The molecular formula is C17H24ClN5S. The molecule has 0 aliphatic heterocycles. The predicted molar refractivity (Wildman–Crippen MR) is 103 cm³/mol. The Hall–Kier alpha value is -1.47. The number of thiophene rings is 1. The van der Waals surface area contributed by atoms with Crippen molar-refractivity contribution in [1.29, 1.82) is 0 Å². The van der Waals surface area contributed by atoms with Crippen LogP contribution in [0.3, 0.4) is 0 Å². The molecule has 3 heterocycles. The summed E-state index contributed by atoms with van der Waals surface area (Å²) in [6.45, 7) is 3.75. The third-order valence-electron chi connectivity index (χ3n) is 4.08. The van der Waals surface area contributed by atoms with Crippen molar-refractivity contribution in [3.05, 3.63) is 45.9 Å². The topological polar surface area (TPSA) is 46.0 Å². The highest BCUT2D eigenvalue weighted by atomic mass is 35.5. The molecule has 1 unspecified atom stereocenters. The summed E-state index contributed by atoms with van der Waals surface area (Å²) < 4.78 is 1.83. The minimum absolute atomic E-state index is 0. The van der Waals surface area contributed by atoms with E-state index in [1.807, 2.05) is 36.2 Å². The first-order valence-corrected chi connectivity index (χ1v) is 8.63. The maximum absolute atomic E-state index is 4.54. The Morgan fingerprint density at radius 1 is 1.38 bits per heavy atom. The Labute approximate surface area is 153 Å². The van der Waals surface area contributed by atoms with Crippen molar-refractivity contribution in [3.63, 3.8) is 0 Å². The number of halogens is 1. The third-order valence-corrected chi connectivity index (χ3v) is 5.05. The second-order valence-corrected chi connectivity index (χ2v) is 7.03. The number of aromatic nitrogens is 3. The quantitative estimate of drug-likeness (QED) is 0.728. The van der Waals surface area contributed by atoms with Crippen LogP contribution in [0.2, 0.25) is 0 Å². The van der Waals surface area contributed by atoms with E-state index in [1.165, 1.54) is 10.4 Å². The van der Waals surface area contributed by atoms with Crippen LogP contribution in [0.5, 0.6) is 0 Å². The molecule has 130 valence electrons. The van der Waals surface area contributed by atoms with Gasteiger partial charge in [0.15, 0.2) is 5.65 Å². The molecule has 3 aromatic heterocycles. The molecule has 3 aromatic rings. The first-order chi connectivity index (χ1) is 11.1. The van der Waals surface area contributed by atoms with Crippen molar-refractivity contribution in [1.82, 2.24) is 25.0 Å². The molecular weight excluding hydrogens is 342 g/mol.